The summed E-state index contributed by atoms with van der Waals surface area (Å²) in [5.74, 6) is -5.42. The molecule has 1 heterocycles. The minimum atomic E-state index is -2.00. The first-order valence-corrected chi connectivity index (χ1v) is 12.8. The number of hydrogen-bond donors (Lipinski definition) is 9. The third kappa shape index (κ3) is 10.3. The molecule has 1 aliphatic heterocycles. The molecular weight excluding hydrogens is 516 g/mol. The summed E-state index contributed by atoms with van der Waals surface area (Å²) in [6, 6.07) is -3.38. The van der Waals surface area contributed by atoms with Crippen LogP contribution in [0.1, 0.15) is 58.3 Å². The Morgan fingerprint density at radius 1 is 1.13 bits per heavy atom. The van der Waals surface area contributed by atoms with E-state index in [1.165, 1.54) is 6.92 Å². The minimum Gasteiger partial charge on any atom is -0.481 e. The Balaban J connectivity index is 3.23. The number of rotatable bonds is 17. The van der Waals surface area contributed by atoms with Gasteiger partial charge in [-0.2, -0.15) is 0 Å². The van der Waals surface area contributed by atoms with E-state index in [0.717, 1.165) is 4.90 Å². The highest BCUT2D eigenvalue weighted by Gasteiger charge is 2.49. The first-order valence-electron chi connectivity index (χ1n) is 12.8. The molecule has 0 aromatic carbocycles. The molecule has 0 radical (unpaired) electrons. The molecule has 0 unspecified atom stereocenters. The molecule has 1 fully saturated rings. The molecule has 0 aliphatic carbocycles. The Morgan fingerprint density at radius 3 is 2.33 bits per heavy atom. The third-order valence-electron chi connectivity index (χ3n) is 6.43. The number of amides is 3. The van der Waals surface area contributed by atoms with E-state index in [-0.39, 0.29) is 57.7 Å². The monoisotopic (exact) mass is 558 g/mol. The molecule has 0 saturated carbocycles. The lowest BCUT2D eigenvalue weighted by atomic mass is 9.86. The van der Waals surface area contributed by atoms with E-state index in [9.17, 15) is 39.3 Å². The highest BCUT2D eigenvalue weighted by molar-refractivity contribution is 5.98. The van der Waals surface area contributed by atoms with Gasteiger partial charge in [-0.05, 0) is 58.4 Å². The van der Waals surface area contributed by atoms with Crippen LogP contribution in [0.4, 0.5) is 0 Å². The summed E-state index contributed by atoms with van der Waals surface area (Å²) < 4.78 is 0. The lowest BCUT2D eigenvalue weighted by Gasteiger charge is -2.38. The number of nitrogens with two attached hydrogens (primary N) is 4. The second-order valence-electron chi connectivity index (χ2n) is 9.70. The zero-order valence-electron chi connectivity index (χ0n) is 22.2. The Kier molecular flexibility index (Phi) is 13.6. The molecular formula is C23H42N8O8. The molecule has 3 amide bonds. The Hall–Kier alpha value is -3.50. The van der Waals surface area contributed by atoms with Crippen LogP contribution in [0.15, 0.2) is 4.99 Å². The van der Waals surface area contributed by atoms with Crippen molar-refractivity contribution in [2.24, 2.45) is 27.9 Å². The number of carbonyl (C=O) groups is 5. The van der Waals surface area contributed by atoms with Crippen molar-refractivity contribution in [1.29, 1.82) is 0 Å². The second kappa shape index (κ2) is 15.8. The number of unbranched alkanes of at least 4 members (excludes halogenated alkanes) is 1. The van der Waals surface area contributed by atoms with Crippen LogP contribution in [0.25, 0.3) is 0 Å². The number of carboxylic acid groups (broad SMARTS) is 2. The Bertz CT molecular complexity index is 911. The van der Waals surface area contributed by atoms with Crippen LogP contribution in [-0.4, -0.2) is 105 Å². The van der Waals surface area contributed by atoms with Gasteiger partial charge < -0.3 is 53.8 Å². The van der Waals surface area contributed by atoms with Gasteiger partial charge in [0.05, 0.1) is 6.42 Å². The van der Waals surface area contributed by atoms with E-state index >= 15 is 0 Å². The number of nitrogens with zero attached hydrogens (tertiary/aromatic N) is 2. The van der Waals surface area contributed by atoms with E-state index < -0.39 is 65.8 Å². The van der Waals surface area contributed by atoms with Crippen molar-refractivity contribution in [2.45, 2.75) is 88.1 Å². The summed E-state index contributed by atoms with van der Waals surface area (Å²) in [4.78, 5) is 68.3. The lowest BCUT2D eigenvalue weighted by Crippen LogP contribution is -2.65. The van der Waals surface area contributed by atoms with E-state index in [0.29, 0.717) is 12.8 Å². The number of aliphatic hydroxyl groups excluding tert-OH is 1. The van der Waals surface area contributed by atoms with Gasteiger partial charge in [0, 0.05) is 19.1 Å². The fraction of sp³-hybridized carbons (Fsp3) is 0.739. The molecule has 39 heavy (non-hydrogen) atoms. The quantitative estimate of drug-likeness (QED) is 0.0483. The fourth-order valence-corrected chi connectivity index (χ4v) is 4.40. The van der Waals surface area contributed by atoms with Crippen molar-refractivity contribution in [3.8, 4) is 0 Å². The summed E-state index contributed by atoms with van der Waals surface area (Å²) in [6.07, 6.45) is -1.11. The summed E-state index contributed by atoms with van der Waals surface area (Å²) in [5, 5.41) is 34.2. The van der Waals surface area contributed by atoms with Gasteiger partial charge in [0.15, 0.2) is 5.96 Å². The van der Waals surface area contributed by atoms with Gasteiger partial charge in [-0.15, -0.1) is 0 Å². The average molecular weight is 559 g/mol. The SMILES string of the molecule is C[C@@H](N)[C@H](O)C(=O)N[C@@](CCCCN)(CC(=O)O)C(=O)N1CCC[C@H]1C(=O)N[C@@H](CCCN=C(N)N)C(=O)O. The van der Waals surface area contributed by atoms with Gasteiger partial charge in [-0.25, -0.2) is 4.79 Å². The maximum absolute atomic E-state index is 13.9. The minimum absolute atomic E-state index is 0.0196. The molecule has 5 atom stereocenters. The molecule has 1 rings (SSSR count). The van der Waals surface area contributed by atoms with Crippen molar-refractivity contribution in [3.63, 3.8) is 0 Å². The summed E-state index contributed by atoms with van der Waals surface area (Å²) in [6.45, 7) is 1.85. The maximum atomic E-state index is 13.9. The molecule has 0 spiro atoms. The van der Waals surface area contributed by atoms with Crippen molar-refractivity contribution in [2.75, 3.05) is 19.6 Å². The summed E-state index contributed by atoms with van der Waals surface area (Å²) in [5.41, 5.74) is 19.7. The fourth-order valence-electron chi connectivity index (χ4n) is 4.40. The number of aliphatic carboxylic acids is 2. The van der Waals surface area contributed by atoms with Crippen LogP contribution in [0.2, 0.25) is 0 Å². The Morgan fingerprint density at radius 2 is 1.79 bits per heavy atom. The molecule has 0 aromatic heterocycles. The van der Waals surface area contributed by atoms with Gasteiger partial charge in [0.25, 0.3) is 5.91 Å². The molecule has 13 N–H and O–H groups in total. The van der Waals surface area contributed by atoms with Crippen LogP contribution >= 0.6 is 0 Å². The van der Waals surface area contributed by atoms with E-state index in [1.807, 2.05) is 0 Å². The predicted molar refractivity (Wildman–Crippen MR) is 140 cm³/mol. The lowest BCUT2D eigenvalue weighted by molar-refractivity contribution is -0.153. The van der Waals surface area contributed by atoms with Gasteiger partial charge in [0.2, 0.25) is 11.8 Å². The van der Waals surface area contributed by atoms with E-state index in [2.05, 4.69) is 15.6 Å². The number of aliphatic hydroxyl groups is 1. The molecule has 16 nitrogen and oxygen atoms in total. The van der Waals surface area contributed by atoms with Gasteiger partial charge in [-0.3, -0.25) is 24.2 Å². The topological polar surface area (TPSA) is 290 Å². The number of likely N-dealkylation sites (tertiary alicyclic amines) is 1. The average Bonchev–Trinajstić information content (AvgIpc) is 3.34. The van der Waals surface area contributed by atoms with Crippen molar-refractivity contribution >= 4 is 35.6 Å². The first-order chi connectivity index (χ1) is 18.3. The molecule has 0 aromatic rings. The van der Waals surface area contributed by atoms with Gasteiger partial charge >= 0.3 is 11.9 Å². The number of carbonyl (C=O) groups excluding carboxylic acids is 3. The van der Waals surface area contributed by atoms with Gasteiger partial charge in [0.1, 0.15) is 23.7 Å². The Labute approximate surface area is 226 Å². The van der Waals surface area contributed by atoms with Crippen molar-refractivity contribution < 1.29 is 39.3 Å². The van der Waals surface area contributed by atoms with Crippen LogP contribution in [-0.2, 0) is 24.0 Å². The molecule has 1 aliphatic rings. The van der Waals surface area contributed by atoms with Gasteiger partial charge in [-0.1, -0.05) is 0 Å². The third-order valence-corrected chi connectivity index (χ3v) is 6.43. The van der Waals surface area contributed by atoms with Crippen LogP contribution in [0.3, 0.4) is 0 Å². The summed E-state index contributed by atoms with van der Waals surface area (Å²) >= 11 is 0. The predicted octanol–water partition coefficient (Wildman–Crippen LogP) is -3.23. The normalized spacial score (nSPS) is 18.8. The van der Waals surface area contributed by atoms with Crippen LogP contribution in [0, 0.1) is 0 Å². The summed E-state index contributed by atoms with van der Waals surface area (Å²) in [7, 11) is 0. The number of nitrogens with one attached hydrogen (secondary N) is 2. The van der Waals surface area contributed by atoms with E-state index in [1.54, 1.807) is 0 Å². The second-order valence-corrected chi connectivity index (χ2v) is 9.70. The number of carboxylic acids is 2. The zero-order valence-corrected chi connectivity index (χ0v) is 22.2. The zero-order chi connectivity index (χ0) is 29.8. The number of hydrogen-bond acceptors (Lipinski definition) is 9. The molecule has 16 heteroatoms. The van der Waals surface area contributed by atoms with Crippen LogP contribution < -0.4 is 33.6 Å². The molecule has 0 bridgehead atoms. The number of aliphatic imine (C=N–C) groups is 1. The standard InChI is InChI=1S/C23H42N8O8/c1-13(25)17(34)19(36)30-23(12-16(32)33,8-2-3-9-24)21(39)31-11-5-7-15(31)18(35)29-14(20(37)38)6-4-10-28-22(26)27/h13-15,17,34H,2-12,24-25H2,1H3,(H,29,35)(H,30,36)(H,32,33)(H,37,38)(H4,26,27,28)/t13-,14+,15+,17+,23+/m1/s1. The first kappa shape index (κ1) is 33.5. The molecule has 222 valence electrons. The van der Waals surface area contributed by atoms with Crippen molar-refractivity contribution in [3.05, 3.63) is 0 Å². The highest BCUT2D eigenvalue weighted by atomic mass is 16.4. The molecule has 1 saturated heterocycles. The number of guanidine groups is 1. The maximum Gasteiger partial charge on any atom is 0.326 e. The smallest absolute Gasteiger partial charge is 0.326 e. The largest absolute Gasteiger partial charge is 0.481 e. The van der Waals surface area contributed by atoms with E-state index in [4.69, 9.17) is 22.9 Å². The van der Waals surface area contributed by atoms with Crippen LogP contribution in [0.5, 0.6) is 0 Å². The van der Waals surface area contributed by atoms with Crippen molar-refractivity contribution in [1.82, 2.24) is 15.5 Å². The highest BCUT2D eigenvalue weighted by Crippen LogP contribution is 2.28.